The maximum absolute atomic E-state index is 11.6. The van der Waals surface area contributed by atoms with E-state index in [-0.39, 0.29) is 6.79 Å². The first-order valence-electron chi connectivity index (χ1n) is 5.71. The molecule has 102 valence electrons. The Hall–Kier alpha value is -1.76. The highest BCUT2D eigenvalue weighted by Gasteiger charge is 2.61. The average Bonchev–Trinajstić information content (AvgIpc) is 2.93. The molecule has 0 amide bonds. The molecule has 1 N–H and O–H groups in total. The van der Waals surface area contributed by atoms with Crippen molar-refractivity contribution in [3.63, 3.8) is 0 Å². The number of carboxylic acid groups (broad SMARTS) is 1. The summed E-state index contributed by atoms with van der Waals surface area (Å²) in [5.74, 6) is -1.36. The number of rotatable bonds is 3. The Kier molecular flexibility index (Phi) is 2.50. The van der Waals surface area contributed by atoms with Crippen LogP contribution in [-0.4, -0.2) is 37.8 Å². The fourth-order valence-corrected chi connectivity index (χ4v) is 4.21. The van der Waals surface area contributed by atoms with Gasteiger partial charge in [0.15, 0.2) is 21.3 Å². The minimum absolute atomic E-state index is 0.126. The van der Waals surface area contributed by atoms with Crippen LogP contribution in [0.3, 0.4) is 0 Å². The van der Waals surface area contributed by atoms with Gasteiger partial charge < -0.3 is 14.6 Å². The highest BCUT2D eigenvalue weighted by molar-refractivity contribution is 7.91. The third-order valence-corrected chi connectivity index (χ3v) is 5.09. The van der Waals surface area contributed by atoms with E-state index in [9.17, 15) is 13.2 Å². The van der Waals surface area contributed by atoms with Gasteiger partial charge in [-0.15, -0.1) is 0 Å². The highest BCUT2D eigenvalue weighted by Crippen LogP contribution is 2.53. The SMILES string of the molecule is CS(=O)(=O)[C@@H]1[C@H](C(=O)O)[C@H]1c1ccc2c(c1)OCO2. The van der Waals surface area contributed by atoms with E-state index in [1.165, 1.54) is 0 Å². The second-order valence-electron chi connectivity index (χ2n) is 4.80. The van der Waals surface area contributed by atoms with Gasteiger partial charge in [-0.2, -0.15) is 0 Å². The molecule has 1 aromatic rings. The van der Waals surface area contributed by atoms with Crippen molar-refractivity contribution in [3.05, 3.63) is 23.8 Å². The maximum Gasteiger partial charge on any atom is 0.308 e. The van der Waals surface area contributed by atoms with Gasteiger partial charge in [0.1, 0.15) is 0 Å². The molecule has 1 aliphatic heterocycles. The van der Waals surface area contributed by atoms with E-state index in [2.05, 4.69) is 0 Å². The zero-order valence-corrected chi connectivity index (χ0v) is 10.9. The molecule has 6 nitrogen and oxygen atoms in total. The lowest BCUT2D eigenvalue weighted by Crippen LogP contribution is -2.10. The van der Waals surface area contributed by atoms with Crippen LogP contribution in [0, 0.1) is 5.92 Å². The Bertz CT molecular complexity index is 650. The van der Waals surface area contributed by atoms with Crippen molar-refractivity contribution >= 4 is 15.8 Å². The number of carbonyl (C=O) groups is 1. The topological polar surface area (TPSA) is 89.9 Å². The van der Waals surface area contributed by atoms with Crippen LogP contribution in [0.1, 0.15) is 11.5 Å². The molecule has 19 heavy (non-hydrogen) atoms. The van der Waals surface area contributed by atoms with Gasteiger partial charge in [0.05, 0.1) is 11.2 Å². The Morgan fingerprint density at radius 1 is 1.32 bits per heavy atom. The molecule has 7 heteroatoms. The molecule has 1 fully saturated rings. The quantitative estimate of drug-likeness (QED) is 0.875. The Labute approximate surface area is 109 Å². The standard InChI is InChI=1S/C12H12O6S/c1-19(15,16)11-9(10(11)12(13)14)6-2-3-7-8(4-6)18-5-17-7/h2-4,9-11H,5H2,1H3,(H,13,14)/t9-,10-,11+/m1/s1. The van der Waals surface area contributed by atoms with Crippen molar-refractivity contribution in [2.75, 3.05) is 13.0 Å². The second-order valence-corrected chi connectivity index (χ2v) is 7.00. The summed E-state index contributed by atoms with van der Waals surface area (Å²) >= 11 is 0. The first-order chi connectivity index (χ1) is 8.89. The molecule has 1 heterocycles. The summed E-state index contributed by atoms with van der Waals surface area (Å²) in [5, 5.41) is 8.24. The first-order valence-corrected chi connectivity index (χ1v) is 7.66. The van der Waals surface area contributed by atoms with Crippen molar-refractivity contribution < 1.29 is 27.8 Å². The Morgan fingerprint density at radius 2 is 2.00 bits per heavy atom. The van der Waals surface area contributed by atoms with E-state index in [4.69, 9.17) is 14.6 Å². The predicted molar refractivity (Wildman–Crippen MR) is 65.1 cm³/mol. The minimum Gasteiger partial charge on any atom is -0.481 e. The average molecular weight is 284 g/mol. The number of sulfone groups is 1. The van der Waals surface area contributed by atoms with Gasteiger partial charge in [0.25, 0.3) is 0 Å². The molecular formula is C12H12O6S. The van der Waals surface area contributed by atoms with E-state index in [0.717, 1.165) is 6.26 Å². The Morgan fingerprint density at radius 3 is 2.58 bits per heavy atom. The van der Waals surface area contributed by atoms with E-state index in [0.29, 0.717) is 17.1 Å². The van der Waals surface area contributed by atoms with Crippen molar-refractivity contribution in [3.8, 4) is 11.5 Å². The van der Waals surface area contributed by atoms with Crippen LogP contribution in [0.5, 0.6) is 11.5 Å². The van der Waals surface area contributed by atoms with Crippen molar-refractivity contribution in [2.24, 2.45) is 5.92 Å². The molecular weight excluding hydrogens is 272 g/mol. The first kappa shape index (κ1) is 12.3. The van der Waals surface area contributed by atoms with Gasteiger partial charge >= 0.3 is 5.97 Å². The van der Waals surface area contributed by atoms with Gasteiger partial charge in [-0.25, -0.2) is 8.42 Å². The van der Waals surface area contributed by atoms with E-state index >= 15 is 0 Å². The summed E-state index contributed by atoms with van der Waals surface area (Å²) in [7, 11) is -3.39. The van der Waals surface area contributed by atoms with E-state index in [1.54, 1.807) is 18.2 Å². The van der Waals surface area contributed by atoms with Crippen LogP contribution in [0.25, 0.3) is 0 Å². The molecule has 0 aromatic heterocycles. The lowest BCUT2D eigenvalue weighted by Gasteiger charge is -2.01. The number of hydrogen-bond acceptors (Lipinski definition) is 5. The monoisotopic (exact) mass is 284 g/mol. The summed E-state index contributed by atoms with van der Waals surface area (Å²) in [4.78, 5) is 11.1. The van der Waals surface area contributed by atoms with Crippen LogP contribution in [0.15, 0.2) is 18.2 Å². The van der Waals surface area contributed by atoms with Crippen LogP contribution in [0.4, 0.5) is 0 Å². The summed E-state index contributed by atoms with van der Waals surface area (Å²) in [6.07, 6.45) is 1.07. The van der Waals surface area contributed by atoms with Crippen LogP contribution in [-0.2, 0) is 14.6 Å². The normalized spacial score (nSPS) is 28.2. The lowest BCUT2D eigenvalue weighted by atomic mass is 10.1. The molecule has 3 atom stereocenters. The number of benzene rings is 1. The number of hydrogen-bond donors (Lipinski definition) is 1. The van der Waals surface area contributed by atoms with E-state index < -0.39 is 32.9 Å². The lowest BCUT2D eigenvalue weighted by molar-refractivity contribution is -0.138. The number of carboxylic acids is 1. The Balaban J connectivity index is 1.96. The molecule has 1 aromatic carbocycles. The van der Waals surface area contributed by atoms with Crippen LogP contribution < -0.4 is 9.47 Å². The third-order valence-electron chi connectivity index (χ3n) is 3.51. The zero-order valence-electron chi connectivity index (χ0n) is 10.1. The molecule has 3 rings (SSSR count). The fourth-order valence-electron chi connectivity index (χ4n) is 2.63. The van der Waals surface area contributed by atoms with E-state index in [1.807, 2.05) is 0 Å². The summed E-state index contributed by atoms with van der Waals surface area (Å²) in [6, 6.07) is 5.03. The molecule has 1 saturated carbocycles. The van der Waals surface area contributed by atoms with Crippen molar-refractivity contribution in [1.82, 2.24) is 0 Å². The molecule has 0 radical (unpaired) electrons. The summed E-state index contributed by atoms with van der Waals surface area (Å²) in [5.41, 5.74) is 0.659. The molecule has 0 spiro atoms. The second kappa shape index (κ2) is 3.86. The van der Waals surface area contributed by atoms with Crippen molar-refractivity contribution in [1.29, 1.82) is 0 Å². The van der Waals surface area contributed by atoms with Gasteiger partial charge in [-0.1, -0.05) is 6.07 Å². The van der Waals surface area contributed by atoms with Gasteiger partial charge in [-0.3, -0.25) is 4.79 Å². The van der Waals surface area contributed by atoms with Crippen LogP contribution >= 0.6 is 0 Å². The number of fused-ring (bicyclic) bond motifs is 1. The van der Waals surface area contributed by atoms with Gasteiger partial charge in [0, 0.05) is 12.2 Å². The number of aliphatic carboxylic acids is 1. The molecule has 1 aliphatic carbocycles. The summed E-state index contributed by atoms with van der Waals surface area (Å²) < 4.78 is 33.6. The molecule has 0 saturated heterocycles. The number of ether oxygens (including phenoxy) is 2. The summed E-state index contributed by atoms with van der Waals surface area (Å²) in [6.45, 7) is 0.126. The third kappa shape index (κ3) is 1.94. The van der Waals surface area contributed by atoms with Crippen LogP contribution in [0.2, 0.25) is 0 Å². The predicted octanol–water partition coefficient (Wildman–Crippen LogP) is 0.626. The van der Waals surface area contributed by atoms with Crippen molar-refractivity contribution in [2.45, 2.75) is 11.2 Å². The van der Waals surface area contributed by atoms with Gasteiger partial charge in [0.2, 0.25) is 6.79 Å². The zero-order chi connectivity index (χ0) is 13.8. The highest BCUT2D eigenvalue weighted by atomic mass is 32.2. The maximum atomic E-state index is 11.6. The fraction of sp³-hybridized carbons (Fsp3) is 0.417. The molecule has 0 unspecified atom stereocenters. The smallest absolute Gasteiger partial charge is 0.308 e. The molecule has 2 aliphatic rings. The molecule has 0 bridgehead atoms. The minimum atomic E-state index is -3.39. The van der Waals surface area contributed by atoms with Gasteiger partial charge in [-0.05, 0) is 17.7 Å². The largest absolute Gasteiger partial charge is 0.481 e.